The van der Waals surface area contributed by atoms with Crippen LogP contribution in [0.25, 0.3) is 0 Å². The van der Waals surface area contributed by atoms with Crippen molar-refractivity contribution in [2.24, 2.45) is 0 Å². The maximum Gasteiger partial charge on any atom is 0.339 e. The summed E-state index contributed by atoms with van der Waals surface area (Å²) in [5.74, 6) is 0.386. The summed E-state index contributed by atoms with van der Waals surface area (Å²) in [5.41, 5.74) is 1.06. The van der Waals surface area contributed by atoms with E-state index in [9.17, 15) is 14.7 Å². The maximum absolute atomic E-state index is 12.5. The van der Waals surface area contributed by atoms with E-state index in [1.165, 1.54) is 19.2 Å². The van der Waals surface area contributed by atoms with E-state index < -0.39 is 5.97 Å². The van der Waals surface area contributed by atoms with Gasteiger partial charge in [-0.15, -0.1) is 0 Å². The van der Waals surface area contributed by atoms with Gasteiger partial charge in [0.15, 0.2) is 0 Å². The molecule has 0 aliphatic rings. The Morgan fingerprint density at radius 3 is 2.07 bits per heavy atom. The zero-order valence-corrected chi connectivity index (χ0v) is 14.5. The highest BCUT2D eigenvalue weighted by Crippen LogP contribution is 2.24. The molecule has 3 aromatic carbocycles. The lowest BCUT2D eigenvalue weighted by molar-refractivity contribution is 0.0602. The van der Waals surface area contributed by atoms with E-state index in [4.69, 9.17) is 9.47 Å². The van der Waals surface area contributed by atoms with Crippen LogP contribution in [-0.4, -0.2) is 24.1 Å². The Balaban J connectivity index is 1.71. The summed E-state index contributed by atoms with van der Waals surface area (Å²) in [6.45, 7) is 0. The predicted molar refractivity (Wildman–Crippen MR) is 100 cm³/mol. The maximum atomic E-state index is 12.5. The molecule has 6 nitrogen and oxygen atoms in total. The van der Waals surface area contributed by atoms with Gasteiger partial charge in [0, 0.05) is 5.56 Å². The number of carbonyl (C=O) groups excluding carboxylic acids is 2. The van der Waals surface area contributed by atoms with Crippen LogP contribution in [0.15, 0.2) is 72.8 Å². The van der Waals surface area contributed by atoms with Crippen molar-refractivity contribution in [1.82, 2.24) is 0 Å². The molecule has 0 fully saturated rings. The molecule has 3 rings (SSSR count). The molecule has 0 aliphatic heterocycles. The van der Waals surface area contributed by atoms with Crippen molar-refractivity contribution >= 4 is 17.6 Å². The fourth-order valence-electron chi connectivity index (χ4n) is 2.40. The standard InChI is InChI=1S/C21H17NO5/c1-26-21(25)18-4-2-3-5-19(18)22-20(24)14-6-10-16(11-7-14)27-17-12-8-15(23)9-13-17/h2-13,23H,1H3,(H,22,24). The summed E-state index contributed by atoms with van der Waals surface area (Å²) in [4.78, 5) is 24.2. The van der Waals surface area contributed by atoms with Crippen molar-refractivity contribution in [2.45, 2.75) is 0 Å². The lowest BCUT2D eigenvalue weighted by Crippen LogP contribution is -2.15. The largest absolute Gasteiger partial charge is 0.508 e. The monoisotopic (exact) mass is 363 g/mol. The van der Waals surface area contributed by atoms with Crippen molar-refractivity contribution in [3.05, 3.63) is 83.9 Å². The average Bonchev–Trinajstić information content (AvgIpc) is 2.70. The van der Waals surface area contributed by atoms with Crippen LogP contribution in [0, 0.1) is 0 Å². The van der Waals surface area contributed by atoms with E-state index in [0.717, 1.165) is 0 Å². The third kappa shape index (κ3) is 4.43. The van der Waals surface area contributed by atoms with Crippen LogP contribution < -0.4 is 10.1 Å². The second-order valence-electron chi connectivity index (χ2n) is 5.61. The molecule has 0 saturated carbocycles. The Morgan fingerprint density at radius 2 is 1.44 bits per heavy atom. The smallest absolute Gasteiger partial charge is 0.339 e. The van der Waals surface area contributed by atoms with Crippen LogP contribution in [0.2, 0.25) is 0 Å². The number of hydrogen-bond donors (Lipinski definition) is 2. The van der Waals surface area contributed by atoms with Gasteiger partial charge >= 0.3 is 5.97 Å². The molecule has 0 unspecified atom stereocenters. The molecule has 0 aromatic heterocycles. The number of benzene rings is 3. The van der Waals surface area contributed by atoms with Crippen molar-refractivity contribution in [3.63, 3.8) is 0 Å². The molecule has 136 valence electrons. The lowest BCUT2D eigenvalue weighted by Gasteiger charge is -2.10. The first kappa shape index (κ1) is 18.0. The van der Waals surface area contributed by atoms with Crippen molar-refractivity contribution < 1.29 is 24.2 Å². The summed E-state index contributed by atoms with van der Waals surface area (Å²) in [6, 6.07) is 19.5. The summed E-state index contributed by atoms with van der Waals surface area (Å²) in [7, 11) is 1.29. The van der Waals surface area contributed by atoms with Gasteiger partial charge in [-0.2, -0.15) is 0 Å². The van der Waals surface area contributed by atoms with Crippen molar-refractivity contribution in [1.29, 1.82) is 0 Å². The number of ether oxygens (including phenoxy) is 2. The second-order valence-corrected chi connectivity index (χ2v) is 5.61. The van der Waals surface area contributed by atoms with Gasteiger partial charge < -0.3 is 19.9 Å². The van der Waals surface area contributed by atoms with Gasteiger partial charge in [0.1, 0.15) is 17.2 Å². The first-order valence-electron chi connectivity index (χ1n) is 8.12. The Morgan fingerprint density at radius 1 is 0.852 bits per heavy atom. The second kappa shape index (κ2) is 8.05. The third-order valence-corrected chi connectivity index (χ3v) is 3.77. The van der Waals surface area contributed by atoms with Gasteiger partial charge in [-0.1, -0.05) is 12.1 Å². The fraction of sp³-hybridized carbons (Fsp3) is 0.0476. The summed E-state index contributed by atoms with van der Waals surface area (Å²) in [5, 5.41) is 12.0. The Hall–Kier alpha value is -3.80. The van der Waals surface area contributed by atoms with E-state index in [1.54, 1.807) is 60.7 Å². The van der Waals surface area contributed by atoms with Gasteiger partial charge in [-0.05, 0) is 60.7 Å². The van der Waals surface area contributed by atoms with Crippen molar-refractivity contribution in [2.75, 3.05) is 12.4 Å². The molecule has 0 atom stereocenters. The van der Waals surface area contributed by atoms with E-state index in [-0.39, 0.29) is 17.2 Å². The predicted octanol–water partition coefficient (Wildman–Crippen LogP) is 4.22. The molecule has 0 spiro atoms. The van der Waals surface area contributed by atoms with Crippen molar-refractivity contribution in [3.8, 4) is 17.2 Å². The quantitative estimate of drug-likeness (QED) is 0.663. The first-order valence-corrected chi connectivity index (χ1v) is 8.12. The normalized spacial score (nSPS) is 10.1. The lowest BCUT2D eigenvalue weighted by atomic mass is 10.1. The molecule has 27 heavy (non-hydrogen) atoms. The Bertz CT molecular complexity index is 949. The third-order valence-electron chi connectivity index (χ3n) is 3.77. The van der Waals surface area contributed by atoms with E-state index in [0.29, 0.717) is 22.7 Å². The minimum absolute atomic E-state index is 0.154. The Labute approximate surface area is 156 Å². The van der Waals surface area contributed by atoms with Crippen LogP contribution >= 0.6 is 0 Å². The number of para-hydroxylation sites is 1. The van der Waals surface area contributed by atoms with Crippen LogP contribution in [0.4, 0.5) is 5.69 Å². The van der Waals surface area contributed by atoms with Gasteiger partial charge in [-0.3, -0.25) is 4.79 Å². The summed E-state index contributed by atoms with van der Waals surface area (Å²) in [6.07, 6.45) is 0. The van der Waals surface area contributed by atoms with Gasteiger partial charge in [0.25, 0.3) is 5.91 Å². The van der Waals surface area contributed by atoms with Gasteiger partial charge in [0.2, 0.25) is 0 Å². The minimum atomic E-state index is -0.524. The Kier molecular flexibility index (Phi) is 5.37. The number of hydrogen-bond acceptors (Lipinski definition) is 5. The highest BCUT2D eigenvalue weighted by Gasteiger charge is 2.14. The molecule has 0 saturated heterocycles. The number of amides is 1. The number of methoxy groups -OCH3 is 1. The van der Waals surface area contributed by atoms with Gasteiger partial charge in [0.05, 0.1) is 18.4 Å². The number of phenolic OH excluding ortho intramolecular Hbond substituents is 1. The molecule has 0 heterocycles. The molecule has 0 aliphatic carbocycles. The molecule has 6 heteroatoms. The minimum Gasteiger partial charge on any atom is -0.508 e. The number of esters is 1. The molecular weight excluding hydrogens is 346 g/mol. The highest BCUT2D eigenvalue weighted by atomic mass is 16.5. The van der Waals surface area contributed by atoms with Crippen LogP contribution in [-0.2, 0) is 4.74 Å². The zero-order valence-electron chi connectivity index (χ0n) is 14.5. The number of aromatic hydroxyl groups is 1. The molecular formula is C21H17NO5. The number of nitrogens with one attached hydrogen (secondary N) is 1. The van der Waals surface area contributed by atoms with E-state index >= 15 is 0 Å². The summed E-state index contributed by atoms with van der Waals surface area (Å²) >= 11 is 0. The molecule has 2 N–H and O–H groups in total. The van der Waals surface area contributed by atoms with E-state index in [2.05, 4.69) is 5.32 Å². The summed E-state index contributed by atoms with van der Waals surface area (Å²) < 4.78 is 10.4. The fourth-order valence-corrected chi connectivity index (χ4v) is 2.40. The number of rotatable bonds is 5. The number of phenols is 1. The topological polar surface area (TPSA) is 84.9 Å². The SMILES string of the molecule is COC(=O)c1ccccc1NC(=O)c1ccc(Oc2ccc(O)cc2)cc1. The van der Waals surface area contributed by atoms with Crippen LogP contribution in [0.5, 0.6) is 17.2 Å². The molecule has 0 radical (unpaired) electrons. The van der Waals surface area contributed by atoms with Crippen LogP contribution in [0.3, 0.4) is 0 Å². The van der Waals surface area contributed by atoms with E-state index in [1.807, 2.05) is 0 Å². The zero-order chi connectivity index (χ0) is 19.2. The highest BCUT2D eigenvalue weighted by molar-refractivity contribution is 6.08. The number of anilines is 1. The molecule has 3 aromatic rings. The first-order chi connectivity index (χ1) is 13.1. The molecule has 1 amide bonds. The molecule has 0 bridgehead atoms. The average molecular weight is 363 g/mol. The van der Waals surface area contributed by atoms with Crippen LogP contribution in [0.1, 0.15) is 20.7 Å². The number of carbonyl (C=O) groups is 2. The van der Waals surface area contributed by atoms with Gasteiger partial charge in [-0.25, -0.2) is 4.79 Å².